The third kappa shape index (κ3) is 6.14. The van der Waals surface area contributed by atoms with Crippen molar-refractivity contribution >= 4 is 22.0 Å². The van der Waals surface area contributed by atoms with Crippen molar-refractivity contribution in [3.05, 3.63) is 30.1 Å². The molecule has 3 amide bonds. The molecule has 0 radical (unpaired) electrons. The van der Waals surface area contributed by atoms with E-state index in [4.69, 9.17) is 0 Å². The predicted octanol–water partition coefficient (Wildman–Crippen LogP) is 0.442. The Morgan fingerprint density at radius 3 is 2.35 bits per heavy atom. The van der Waals surface area contributed by atoms with Gasteiger partial charge in [0, 0.05) is 52.4 Å². The van der Waals surface area contributed by atoms with Crippen molar-refractivity contribution in [3.63, 3.8) is 0 Å². The summed E-state index contributed by atoms with van der Waals surface area (Å²) in [5.41, 5.74) is 0. The van der Waals surface area contributed by atoms with Crippen molar-refractivity contribution in [2.45, 2.75) is 30.2 Å². The molecule has 0 bridgehead atoms. The van der Waals surface area contributed by atoms with Crippen molar-refractivity contribution in [2.24, 2.45) is 0 Å². The molecule has 0 saturated carbocycles. The second-order valence-corrected chi connectivity index (χ2v) is 9.81. The van der Waals surface area contributed by atoms with E-state index in [1.807, 2.05) is 0 Å². The van der Waals surface area contributed by atoms with E-state index in [1.165, 1.54) is 16.4 Å². The van der Waals surface area contributed by atoms with Crippen LogP contribution in [-0.4, -0.2) is 93.4 Å². The molecule has 11 heteroatoms. The molecule has 2 heterocycles. The Labute approximate surface area is 182 Å². The Kier molecular flexibility index (Phi) is 7.84. The fourth-order valence-electron chi connectivity index (χ4n) is 3.88. The van der Waals surface area contributed by atoms with Crippen LogP contribution in [0.3, 0.4) is 0 Å². The Hall–Kier alpha value is -2.24. The second-order valence-electron chi connectivity index (χ2n) is 7.87. The average Bonchev–Trinajstić information content (AvgIpc) is 3.02. The van der Waals surface area contributed by atoms with Gasteiger partial charge in [-0.2, -0.15) is 4.31 Å². The Balaban J connectivity index is 1.50. The van der Waals surface area contributed by atoms with E-state index in [0.717, 1.165) is 38.1 Å². The molecular formula is C20H30FN5O4S. The minimum atomic E-state index is -3.73. The number of rotatable bonds is 5. The first kappa shape index (κ1) is 23.4. The van der Waals surface area contributed by atoms with Crippen molar-refractivity contribution < 1.29 is 22.4 Å². The highest BCUT2D eigenvalue weighted by molar-refractivity contribution is 7.89. The van der Waals surface area contributed by atoms with Gasteiger partial charge >= 0.3 is 6.03 Å². The quantitative estimate of drug-likeness (QED) is 0.671. The lowest BCUT2D eigenvalue weighted by Crippen LogP contribution is -2.51. The van der Waals surface area contributed by atoms with Gasteiger partial charge in [0.25, 0.3) is 0 Å². The number of amides is 3. The second kappa shape index (κ2) is 10.4. The van der Waals surface area contributed by atoms with Crippen molar-refractivity contribution in [2.75, 3.05) is 52.9 Å². The minimum Gasteiger partial charge on any atom is -0.358 e. The number of hydrogen-bond donors (Lipinski definition) is 2. The molecule has 2 saturated heterocycles. The lowest BCUT2D eigenvalue weighted by Gasteiger charge is -2.33. The Bertz CT molecular complexity index is 872. The zero-order chi connectivity index (χ0) is 22.4. The number of carbonyl (C=O) groups excluding carboxylic acids is 2. The van der Waals surface area contributed by atoms with Gasteiger partial charge in [-0.1, -0.05) is 0 Å². The molecule has 0 unspecified atom stereocenters. The number of sulfonamides is 1. The molecule has 2 aliphatic rings. The molecule has 2 fully saturated rings. The third-order valence-corrected chi connectivity index (χ3v) is 7.67. The highest BCUT2D eigenvalue weighted by Gasteiger charge is 2.29. The average molecular weight is 456 g/mol. The van der Waals surface area contributed by atoms with E-state index in [0.29, 0.717) is 32.6 Å². The van der Waals surface area contributed by atoms with E-state index in [9.17, 15) is 22.4 Å². The third-order valence-electron chi connectivity index (χ3n) is 5.75. The molecule has 2 aliphatic heterocycles. The standard InChI is InChI=1S/C20H30FN5O4S/c1-22-19(27)15-24-11-7-17(8-12-24)23-20(28)25-9-2-10-26(14-13-25)31(29,30)18-5-3-16(21)4-6-18/h3-6,17H,2,7-15H2,1H3,(H,22,27)(H,23,28). The van der Waals surface area contributed by atoms with Crippen LogP contribution in [-0.2, 0) is 14.8 Å². The van der Waals surface area contributed by atoms with Gasteiger partial charge in [0.1, 0.15) is 5.82 Å². The number of nitrogens with one attached hydrogen (secondary N) is 2. The van der Waals surface area contributed by atoms with Gasteiger partial charge in [-0.15, -0.1) is 0 Å². The number of piperidine rings is 1. The molecule has 1 aromatic rings. The molecule has 0 atom stereocenters. The number of halogens is 1. The molecule has 0 aliphatic carbocycles. The maximum atomic E-state index is 13.1. The van der Waals surface area contributed by atoms with Crippen LogP contribution in [0.1, 0.15) is 19.3 Å². The topological polar surface area (TPSA) is 102 Å². The van der Waals surface area contributed by atoms with Crippen LogP contribution >= 0.6 is 0 Å². The maximum absolute atomic E-state index is 13.1. The van der Waals surface area contributed by atoms with Gasteiger partial charge in [0.15, 0.2) is 0 Å². The number of urea groups is 1. The van der Waals surface area contributed by atoms with E-state index in [-0.39, 0.29) is 29.4 Å². The molecule has 2 N–H and O–H groups in total. The summed E-state index contributed by atoms with van der Waals surface area (Å²) in [6, 6.07) is 4.63. The van der Waals surface area contributed by atoms with Crippen LogP contribution in [0.4, 0.5) is 9.18 Å². The first-order chi connectivity index (χ1) is 14.8. The molecule has 31 heavy (non-hydrogen) atoms. The van der Waals surface area contributed by atoms with Crippen LogP contribution in [0.25, 0.3) is 0 Å². The van der Waals surface area contributed by atoms with Crippen molar-refractivity contribution in [3.8, 4) is 0 Å². The van der Waals surface area contributed by atoms with E-state index >= 15 is 0 Å². The van der Waals surface area contributed by atoms with Gasteiger partial charge in [-0.05, 0) is 43.5 Å². The smallest absolute Gasteiger partial charge is 0.317 e. The number of carbonyl (C=O) groups is 2. The summed E-state index contributed by atoms with van der Waals surface area (Å²) in [6.45, 7) is 3.10. The summed E-state index contributed by atoms with van der Waals surface area (Å²) in [5, 5.41) is 5.66. The van der Waals surface area contributed by atoms with Crippen LogP contribution in [0.5, 0.6) is 0 Å². The molecule has 1 aromatic carbocycles. The lowest BCUT2D eigenvalue weighted by atomic mass is 10.1. The zero-order valence-electron chi connectivity index (χ0n) is 17.7. The number of likely N-dealkylation sites (tertiary alicyclic amines) is 1. The summed E-state index contributed by atoms with van der Waals surface area (Å²) in [6.07, 6.45) is 2.06. The first-order valence-corrected chi connectivity index (χ1v) is 12.0. The normalized spacial score (nSPS) is 19.6. The summed E-state index contributed by atoms with van der Waals surface area (Å²) < 4.78 is 40.1. The number of benzene rings is 1. The lowest BCUT2D eigenvalue weighted by molar-refractivity contribution is -0.122. The highest BCUT2D eigenvalue weighted by Crippen LogP contribution is 2.18. The Morgan fingerprint density at radius 1 is 1.03 bits per heavy atom. The first-order valence-electron chi connectivity index (χ1n) is 10.5. The minimum absolute atomic E-state index is 0.0211. The maximum Gasteiger partial charge on any atom is 0.317 e. The number of likely N-dealkylation sites (N-methyl/N-ethyl adjacent to an activating group) is 1. The van der Waals surface area contributed by atoms with Crippen LogP contribution in [0.15, 0.2) is 29.2 Å². The van der Waals surface area contributed by atoms with Gasteiger partial charge < -0.3 is 15.5 Å². The summed E-state index contributed by atoms with van der Waals surface area (Å²) in [4.78, 5) is 28.0. The molecule has 0 spiro atoms. The van der Waals surface area contributed by atoms with Gasteiger partial charge in [-0.25, -0.2) is 17.6 Å². The number of hydrogen-bond acceptors (Lipinski definition) is 5. The largest absolute Gasteiger partial charge is 0.358 e. The van der Waals surface area contributed by atoms with E-state index in [2.05, 4.69) is 15.5 Å². The van der Waals surface area contributed by atoms with Crippen LogP contribution in [0.2, 0.25) is 0 Å². The molecule has 0 aromatic heterocycles. The SMILES string of the molecule is CNC(=O)CN1CCC(NC(=O)N2CCCN(S(=O)(=O)c3ccc(F)cc3)CC2)CC1. The van der Waals surface area contributed by atoms with Gasteiger partial charge in [-0.3, -0.25) is 9.69 Å². The molecule has 3 rings (SSSR count). The van der Waals surface area contributed by atoms with Crippen LogP contribution in [0, 0.1) is 5.82 Å². The van der Waals surface area contributed by atoms with Crippen molar-refractivity contribution in [1.29, 1.82) is 0 Å². The summed E-state index contributed by atoms with van der Waals surface area (Å²) >= 11 is 0. The zero-order valence-corrected chi connectivity index (χ0v) is 18.5. The summed E-state index contributed by atoms with van der Waals surface area (Å²) in [5.74, 6) is -0.510. The summed E-state index contributed by atoms with van der Waals surface area (Å²) in [7, 11) is -2.11. The number of nitrogens with zero attached hydrogens (tertiary/aromatic N) is 3. The molecule has 172 valence electrons. The van der Waals surface area contributed by atoms with E-state index < -0.39 is 15.8 Å². The molecule has 9 nitrogen and oxygen atoms in total. The fraction of sp³-hybridized carbons (Fsp3) is 0.600. The van der Waals surface area contributed by atoms with Crippen molar-refractivity contribution in [1.82, 2.24) is 24.7 Å². The molecular weight excluding hydrogens is 425 g/mol. The monoisotopic (exact) mass is 455 g/mol. The van der Waals surface area contributed by atoms with Gasteiger partial charge in [0.05, 0.1) is 11.4 Å². The van der Waals surface area contributed by atoms with E-state index in [1.54, 1.807) is 11.9 Å². The van der Waals surface area contributed by atoms with Crippen LogP contribution < -0.4 is 10.6 Å². The van der Waals surface area contributed by atoms with Gasteiger partial charge in [0.2, 0.25) is 15.9 Å². The highest BCUT2D eigenvalue weighted by atomic mass is 32.2. The fourth-order valence-corrected chi connectivity index (χ4v) is 5.35. The Morgan fingerprint density at radius 2 is 1.71 bits per heavy atom. The predicted molar refractivity (Wildman–Crippen MR) is 113 cm³/mol.